The van der Waals surface area contributed by atoms with Gasteiger partial charge in [0.2, 0.25) is 0 Å². The second-order valence-electron chi connectivity index (χ2n) is 3.43. The second kappa shape index (κ2) is 5.15. The van der Waals surface area contributed by atoms with Crippen molar-refractivity contribution in [3.05, 3.63) is 28.3 Å². The number of carboxylic acid groups (broad SMARTS) is 4. The Hall–Kier alpha value is -2.28. The number of hydrogen-bond donors (Lipinski definition) is 4. The first-order chi connectivity index (χ1) is 8.68. The van der Waals surface area contributed by atoms with Crippen molar-refractivity contribution >= 4 is 28.0 Å². The van der Waals surface area contributed by atoms with E-state index in [0.29, 0.717) is 0 Å². The third kappa shape index (κ3) is 2.60. The Kier molecular flexibility index (Phi) is 4.01. The molecule has 0 aromatic heterocycles. The molecule has 4 N–H and O–H groups in total. The Bertz CT molecular complexity index is 618. The molecule has 8 nitrogen and oxygen atoms in total. The molecule has 0 saturated carbocycles. The summed E-state index contributed by atoms with van der Waals surface area (Å²) in [6, 6.07) is 0.877. The van der Waals surface area contributed by atoms with Crippen LogP contribution in [-0.4, -0.2) is 44.3 Å². The minimum absolute atomic E-state index is 0.0210. The fourth-order valence-electron chi connectivity index (χ4n) is 1.59. The van der Waals surface area contributed by atoms with E-state index in [0.717, 1.165) is 6.07 Å². The van der Waals surface area contributed by atoms with Crippen LogP contribution in [0.1, 0.15) is 41.4 Å². The van der Waals surface area contributed by atoms with Crippen LogP contribution in [0.3, 0.4) is 0 Å². The van der Waals surface area contributed by atoms with E-state index in [9.17, 15) is 19.2 Å². The van der Waals surface area contributed by atoms with E-state index in [1.807, 2.05) is 0 Å². The molecule has 0 unspecified atom stereocenters. The standard InChI is InChI=1S/C10H5O8.Zn/c11-7(12)3-1-2-4(8(13)14)6(10(17)18)5(3)9(15)16;/h1H,(H,11,12)(H,13,14)(H,15,16)(H,17,18);. The molecule has 0 bridgehead atoms. The minimum atomic E-state index is -1.81. The van der Waals surface area contributed by atoms with Crippen LogP contribution in [0.15, 0.2) is 6.07 Å². The van der Waals surface area contributed by atoms with E-state index < -0.39 is 46.1 Å². The zero-order valence-corrected chi connectivity index (χ0v) is 12.2. The zero-order chi connectivity index (χ0) is 14.9. The molecule has 0 radical (unpaired) electrons. The Morgan fingerprint density at radius 1 is 0.737 bits per heavy atom. The quantitative estimate of drug-likeness (QED) is 0.550. The number of aromatic carboxylic acids is 4. The maximum absolute atomic E-state index is 11.1. The van der Waals surface area contributed by atoms with E-state index in [-0.39, 0.29) is 22.5 Å². The third-order valence-corrected chi connectivity index (χ3v) is 3.45. The van der Waals surface area contributed by atoms with Gasteiger partial charge < -0.3 is 0 Å². The molecular weight excluding hydrogens is 313 g/mol. The van der Waals surface area contributed by atoms with Gasteiger partial charge >= 0.3 is 114 Å². The van der Waals surface area contributed by atoms with Gasteiger partial charge in [0.25, 0.3) is 0 Å². The van der Waals surface area contributed by atoms with Crippen LogP contribution >= 0.6 is 0 Å². The van der Waals surface area contributed by atoms with Gasteiger partial charge in [0, 0.05) is 0 Å². The van der Waals surface area contributed by atoms with E-state index in [1.165, 1.54) is 0 Å². The summed E-state index contributed by atoms with van der Waals surface area (Å²) >= 11 is 0.169. The van der Waals surface area contributed by atoms with Gasteiger partial charge in [0.05, 0.1) is 0 Å². The van der Waals surface area contributed by atoms with Crippen molar-refractivity contribution in [1.29, 1.82) is 0 Å². The Morgan fingerprint density at radius 3 is 1.47 bits per heavy atom. The molecule has 0 amide bonds. The topological polar surface area (TPSA) is 149 Å². The Morgan fingerprint density at radius 2 is 1.16 bits per heavy atom. The summed E-state index contributed by atoms with van der Waals surface area (Å²) < 4.78 is -0.0210. The molecule has 95 valence electrons. The van der Waals surface area contributed by atoms with E-state index in [4.69, 9.17) is 20.4 Å². The van der Waals surface area contributed by atoms with E-state index in [1.54, 1.807) is 0 Å². The van der Waals surface area contributed by atoms with Crippen LogP contribution < -0.4 is 4.16 Å². The summed E-state index contributed by atoms with van der Waals surface area (Å²) in [5.74, 6) is -6.85. The first-order valence-corrected chi connectivity index (χ1v) is 6.13. The molecule has 9 heteroatoms. The summed E-state index contributed by atoms with van der Waals surface area (Å²) in [6.45, 7) is 0. The van der Waals surface area contributed by atoms with Crippen molar-refractivity contribution in [2.24, 2.45) is 0 Å². The van der Waals surface area contributed by atoms with Crippen molar-refractivity contribution in [1.82, 2.24) is 0 Å². The SMILES string of the molecule is O=C(O)c1c[c]([Zn])c(C(=O)O)c(C(=O)O)c1C(=O)O. The normalized spacial score (nSPS) is 10.0. The first-order valence-electron chi connectivity index (χ1n) is 4.64. The second-order valence-corrected chi connectivity index (χ2v) is 5.03. The first kappa shape index (κ1) is 14.8. The van der Waals surface area contributed by atoms with Crippen molar-refractivity contribution in [2.45, 2.75) is 0 Å². The van der Waals surface area contributed by atoms with Crippen LogP contribution in [0.2, 0.25) is 0 Å². The summed E-state index contributed by atoms with van der Waals surface area (Å²) in [4.78, 5) is 44.1. The Labute approximate surface area is 115 Å². The van der Waals surface area contributed by atoms with E-state index in [2.05, 4.69) is 0 Å². The fraction of sp³-hybridized carbons (Fsp3) is 0. The van der Waals surface area contributed by atoms with Gasteiger partial charge in [-0.25, -0.2) is 0 Å². The number of hydrogen-bond acceptors (Lipinski definition) is 4. The molecule has 1 rings (SSSR count). The molecule has 0 aliphatic rings. The number of carbonyl (C=O) groups is 4. The van der Waals surface area contributed by atoms with Gasteiger partial charge in [-0.05, 0) is 0 Å². The Balaban J connectivity index is 3.98. The van der Waals surface area contributed by atoms with Gasteiger partial charge in [0.1, 0.15) is 0 Å². The van der Waals surface area contributed by atoms with Crippen molar-refractivity contribution in [3.8, 4) is 0 Å². The molecule has 0 spiro atoms. The molecule has 0 heterocycles. The van der Waals surface area contributed by atoms with Gasteiger partial charge in [0.15, 0.2) is 0 Å². The number of benzene rings is 1. The fourth-order valence-corrected chi connectivity index (χ4v) is 2.70. The predicted octanol–water partition coefficient (Wildman–Crippen LogP) is -0.348. The predicted molar refractivity (Wildman–Crippen MR) is 53.9 cm³/mol. The summed E-state index contributed by atoms with van der Waals surface area (Å²) in [6.07, 6.45) is 0. The summed E-state index contributed by atoms with van der Waals surface area (Å²) in [5.41, 5.74) is -3.47. The molecule has 19 heavy (non-hydrogen) atoms. The molecule has 0 fully saturated rings. The number of rotatable bonds is 4. The molecular formula is C10H5O8Zn. The van der Waals surface area contributed by atoms with Gasteiger partial charge in [-0.15, -0.1) is 0 Å². The molecule has 0 saturated heterocycles. The third-order valence-electron chi connectivity index (χ3n) is 2.28. The maximum atomic E-state index is 11.1. The van der Waals surface area contributed by atoms with Gasteiger partial charge in [-0.2, -0.15) is 0 Å². The van der Waals surface area contributed by atoms with Gasteiger partial charge in [-0.3, -0.25) is 0 Å². The molecule has 1 aromatic carbocycles. The summed E-state index contributed by atoms with van der Waals surface area (Å²) in [7, 11) is 0. The van der Waals surface area contributed by atoms with Gasteiger partial charge in [-0.1, -0.05) is 0 Å². The van der Waals surface area contributed by atoms with Crippen molar-refractivity contribution in [3.63, 3.8) is 0 Å². The van der Waals surface area contributed by atoms with Crippen LogP contribution in [0, 0.1) is 0 Å². The molecule has 1 aromatic rings. The zero-order valence-electron chi connectivity index (χ0n) is 9.21. The monoisotopic (exact) mass is 317 g/mol. The van der Waals surface area contributed by atoms with Crippen LogP contribution in [0.5, 0.6) is 0 Å². The molecule has 0 aliphatic carbocycles. The number of carboxylic acids is 4. The van der Waals surface area contributed by atoms with Crippen LogP contribution in [0.25, 0.3) is 0 Å². The van der Waals surface area contributed by atoms with Crippen LogP contribution in [-0.2, 0) is 18.3 Å². The average molecular weight is 319 g/mol. The molecule has 0 aliphatic heterocycles. The summed E-state index contributed by atoms with van der Waals surface area (Å²) in [5, 5.41) is 35.7. The van der Waals surface area contributed by atoms with Crippen molar-refractivity contribution < 1.29 is 57.9 Å². The van der Waals surface area contributed by atoms with Crippen molar-refractivity contribution in [2.75, 3.05) is 0 Å². The van der Waals surface area contributed by atoms with E-state index >= 15 is 0 Å². The average Bonchev–Trinajstić information content (AvgIpc) is 2.25. The van der Waals surface area contributed by atoms with Crippen LogP contribution in [0.4, 0.5) is 0 Å². The molecule has 0 atom stereocenters.